The van der Waals surface area contributed by atoms with Gasteiger partial charge in [0.15, 0.2) is 0 Å². The third-order valence-corrected chi connectivity index (χ3v) is 1.79. The van der Waals surface area contributed by atoms with Gasteiger partial charge in [-0.3, -0.25) is 0 Å². The zero-order valence-electron chi connectivity index (χ0n) is 5.68. The summed E-state index contributed by atoms with van der Waals surface area (Å²) in [7, 11) is 0. The van der Waals surface area contributed by atoms with Crippen LogP contribution in [0, 0.1) is 0 Å². The van der Waals surface area contributed by atoms with E-state index in [1.54, 1.807) is 0 Å². The third kappa shape index (κ3) is 0.912. The van der Waals surface area contributed by atoms with Crippen LogP contribution in [-0.4, -0.2) is 30.1 Å². The third-order valence-electron chi connectivity index (χ3n) is 1.79. The molecule has 0 nitrogen and oxygen atoms in total. The van der Waals surface area contributed by atoms with Crippen molar-refractivity contribution in [2.45, 2.75) is 30.1 Å². The molecule has 78 valence electrons. The second-order valence-electron chi connectivity index (χ2n) is 2.62. The van der Waals surface area contributed by atoms with Crippen molar-refractivity contribution in [3.63, 3.8) is 0 Å². The Kier molecular flexibility index (Phi) is 1.84. The highest BCUT2D eigenvalue weighted by Crippen LogP contribution is 2.58. The van der Waals surface area contributed by atoms with Crippen molar-refractivity contribution in [1.82, 2.24) is 0 Å². The van der Waals surface area contributed by atoms with E-state index < -0.39 is 30.1 Å². The lowest BCUT2D eigenvalue weighted by Gasteiger charge is -2.22. The van der Waals surface area contributed by atoms with Crippen LogP contribution < -0.4 is 0 Å². The van der Waals surface area contributed by atoms with E-state index in [2.05, 4.69) is 0 Å². The first kappa shape index (κ1) is 10.5. The van der Waals surface area contributed by atoms with Gasteiger partial charge in [-0.15, -0.1) is 0 Å². The molecule has 0 aliphatic heterocycles. The van der Waals surface area contributed by atoms with Gasteiger partial charge in [0.05, 0.1) is 0 Å². The average Bonchev–Trinajstić information content (AvgIpc) is 2.05. The predicted octanol–water partition coefficient (Wildman–Crippen LogP) is 2.58. The van der Waals surface area contributed by atoms with Gasteiger partial charge in [0.2, 0.25) is 12.3 Å². The molecule has 0 amide bonds. The standard InChI is InChI=1S/C5H2F8/c6-1-2(7)4(10,11)5(12,13)3(1,8)9/h1-2H. The summed E-state index contributed by atoms with van der Waals surface area (Å²) in [6.07, 6.45) is -8.37. The van der Waals surface area contributed by atoms with Crippen LogP contribution in [0.25, 0.3) is 0 Å². The summed E-state index contributed by atoms with van der Waals surface area (Å²) >= 11 is 0. The number of halogens is 8. The number of hydrogen-bond donors (Lipinski definition) is 0. The first-order chi connectivity index (χ1) is 5.57. The van der Waals surface area contributed by atoms with Crippen LogP contribution in [-0.2, 0) is 0 Å². The van der Waals surface area contributed by atoms with E-state index in [4.69, 9.17) is 0 Å². The number of alkyl halides is 8. The quantitative estimate of drug-likeness (QED) is 0.543. The molecule has 0 aromatic heterocycles. The molecule has 0 heterocycles. The van der Waals surface area contributed by atoms with E-state index in [0.717, 1.165) is 0 Å². The minimum absolute atomic E-state index is 4.18. The van der Waals surface area contributed by atoms with E-state index in [0.29, 0.717) is 0 Å². The molecule has 0 N–H and O–H groups in total. The molecule has 2 atom stereocenters. The van der Waals surface area contributed by atoms with Crippen molar-refractivity contribution in [1.29, 1.82) is 0 Å². The zero-order chi connectivity index (χ0) is 10.7. The van der Waals surface area contributed by atoms with Crippen LogP contribution in [0.3, 0.4) is 0 Å². The molecule has 0 radical (unpaired) electrons. The molecule has 1 fully saturated rings. The summed E-state index contributed by atoms with van der Waals surface area (Å²) in [4.78, 5) is 0. The predicted molar refractivity (Wildman–Crippen MR) is 24.6 cm³/mol. The molecule has 0 aromatic rings. The highest BCUT2D eigenvalue weighted by Gasteiger charge is 2.86. The van der Waals surface area contributed by atoms with Crippen LogP contribution in [0.4, 0.5) is 35.1 Å². The van der Waals surface area contributed by atoms with Crippen molar-refractivity contribution in [3.8, 4) is 0 Å². The first-order valence-electron chi connectivity index (χ1n) is 2.98. The summed E-state index contributed by atoms with van der Waals surface area (Å²) in [5, 5.41) is 0. The van der Waals surface area contributed by atoms with E-state index in [1.165, 1.54) is 0 Å². The maximum atomic E-state index is 12.0. The molecule has 1 saturated carbocycles. The fourth-order valence-electron chi connectivity index (χ4n) is 0.936. The van der Waals surface area contributed by atoms with E-state index in [1.807, 2.05) is 0 Å². The van der Waals surface area contributed by atoms with Gasteiger partial charge in [-0.25, -0.2) is 8.78 Å². The molecule has 1 rings (SSSR count). The maximum absolute atomic E-state index is 12.0. The minimum atomic E-state index is -5.99. The molecule has 2 unspecified atom stereocenters. The Morgan fingerprint density at radius 1 is 0.615 bits per heavy atom. The Balaban J connectivity index is 3.23. The summed E-state index contributed by atoms with van der Waals surface area (Å²) in [5.41, 5.74) is 0. The van der Waals surface area contributed by atoms with Crippen molar-refractivity contribution in [2.24, 2.45) is 0 Å². The Morgan fingerprint density at radius 3 is 0.923 bits per heavy atom. The van der Waals surface area contributed by atoms with E-state index in [9.17, 15) is 35.1 Å². The SMILES string of the molecule is FC1C(F)C(F)(F)C(F)(F)C1(F)F. The number of hydrogen-bond acceptors (Lipinski definition) is 0. The molecule has 1 aliphatic rings. The van der Waals surface area contributed by atoms with Gasteiger partial charge in [0.25, 0.3) is 0 Å². The lowest BCUT2D eigenvalue weighted by Crippen LogP contribution is -2.49. The highest BCUT2D eigenvalue weighted by atomic mass is 19.4. The molecule has 0 aromatic carbocycles. The topological polar surface area (TPSA) is 0 Å². The summed E-state index contributed by atoms with van der Waals surface area (Å²) in [6.45, 7) is 0. The van der Waals surface area contributed by atoms with Gasteiger partial charge >= 0.3 is 17.8 Å². The normalized spacial score (nSPS) is 40.6. The Labute approximate surface area is 66.5 Å². The molecular weight excluding hydrogens is 212 g/mol. The van der Waals surface area contributed by atoms with Crippen LogP contribution in [0.15, 0.2) is 0 Å². The molecule has 1 aliphatic carbocycles. The van der Waals surface area contributed by atoms with E-state index >= 15 is 0 Å². The average molecular weight is 214 g/mol. The van der Waals surface area contributed by atoms with Gasteiger partial charge in [-0.05, 0) is 0 Å². The van der Waals surface area contributed by atoms with E-state index in [-0.39, 0.29) is 0 Å². The van der Waals surface area contributed by atoms with Crippen LogP contribution in [0.1, 0.15) is 0 Å². The molecule has 8 heteroatoms. The Hall–Kier alpha value is -0.560. The summed E-state index contributed by atoms with van der Waals surface area (Å²) in [6, 6.07) is 0. The van der Waals surface area contributed by atoms with Crippen LogP contribution in [0.2, 0.25) is 0 Å². The summed E-state index contributed by atoms with van der Waals surface area (Å²) in [5.74, 6) is -17.3. The maximum Gasteiger partial charge on any atom is 0.378 e. The molecule has 0 spiro atoms. The second kappa shape index (κ2) is 2.27. The van der Waals surface area contributed by atoms with Gasteiger partial charge < -0.3 is 0 Å². The molecular formula is C5H2F8. The zero-order valence-corrected chi connectivity index (χ0v) is 5.68. The first-order valence-corrected chi connectivity index (χ1v) is 2.98. The van der Waals surface area contributed by atoms with Gasteiger partial charge in [-0.2, -0.15) is 26.3 Å². The van der Waals surface area contributed by atoms with Gasteiger partial charge in [0, 0.05) is 0 Å². The summed E-state index contributed by atoms with van der Waals surface area (Å²) < 4.78 is 96.1. The fourth-order valence-corrected chi connectivity index (χ4v) is 0.936. The Bertz CT molecular complexity index is 199. The lowest BCUT2D eigenvalue weighted by atomic mass is 10.2. The van der Waals surface area contributed by atoms with Crippen molar-refractivity contribution in [3.05, 3.63) is 0 Å². The monoisotopic (exact) mass is 214 g/mol. The minimum Gasteiger partial charge on any atom is -0.237 e. The lowest BCUT2D eigenvalue weighted by molar-refractivity contribution is -0.281. The molecule has 0 saturated heterocycles. The smallest absolute Gasteiger partial charge is 0.237 e. The molecule has 0 bridgehead atoms. The highest BCUT2D eigenvalue weighted by molar-refractivity contribution is 5.14. The fraction of sp³-hybridized carbons (Fsp3) is 1.00. The molecule has 13 heavy (non-hydrogen) atoms. The van der Waals surface area contributed by atoms with Crippen molar-refractivity contribution in [2.75, 3.05) is 0 Å². The van der Waals surface area contributed by atoms with Crippen LogP contribution in [0.5, 0.6) is 0 Å². The van der Waals surface area contributed by atoms with Gasteiger partial charge in [-0.1, -0.05) is 0 Å². The number of rotatable bonds is 0. The van der Waals surface area contributed by atoms with Gasteiger partial charge in [0.1, 0.15) is 0 Å². The Morgan fingerprint density at radius 2 is 0.846 bits per heavy atom. The second-order valence-corrected chi connectivity index (χ2v) is 2.62. The van der Waals surface area contributed by atoms with Crippen LogP contribution >= 0.6 is 0 Å². The van der Waals surface area contributed by atoms with Crippen molar-refractivity contribution >= 4 is 0 Å². The van der Waals surface area contributed by atoms with Crippen molar-refractivity contribution < 1.29 is 35.1 Å². The largest absolute Gasteiger partial charge is 0.378 e.